The van der Waals surface area contributed by atoms with Crippen LogP contribution < -0.4 is 9.47 Å². The number of hydrogen-bond donors (Lipinski definition) is 0. The molecule has 1 aromatic carbocycles. The normalized spacial score (nSPS) is 13.0. The summed E-state index contributed by atoms with van der Waals surface area (Å²) < 4.78 is 22.8. The number of aromatic nitrogens is 1. The molecule has 9 heteroatoms. The molecule has 0 N–H and O–H groups in total. The van der Waals surface area contributed by atoms with Gasteiger partial charge >= 0.3 is 11.9 Å². The molecule has 0 spiro atoms. The summed E-state index contributed by atoms with van der Waals surface area (Å²) in [6.45, 7) is 6.04. The molecule has 0 radical (unpaired) electrons. The Morgan fingerprint density at radius 3 is 2.23 bits per heavy atom. The van der Waals surface area contributed by atoms with Gasteiger partial charge in [-0.05, 0) is 49.9 Å². The molecule has 0 saturated carbocycles. The van der Waals surface area contributed by atoms with E-state index >= 15 is 0 Å². The van der Waals surface area contributed by atoms with Gasteiger partial charge in [0, 0.05) is 38.4 Å². The molecule has 0 amide bonds. The van der Waals surface area contributed by atoms with Crippen molar-refractivity contribution in [3.8, 4) is 11.6 Å². The van der Waals surface area contributed by atoms with E-state index in [9.17, 15) is 14.4 Å². The largest absolute Gasteiger partial charge is 0.424 e. The predicted molar refractivity (Wildman–Crippen MR) is 146 cm³/mol. The smallest absolute Gasteiger partial charge is 0.415 e. The maximum atomic E-state index is 13.9. The number of nitrogens with zero attached hydrogens (tertiary/aromatic N) is 2. The van der Waals surface area contributed by atoms with Crippen LogP contribution in [0.1, 0.15) is 53.4 Å². The first kappa shape index (κ1) is 28.5. The van der Waals surface area contributed by atoms with Gasteiger partial charge in [-0.15, -0.1) is 0 Å². The number of carbonyl (C=O) groups is 3. The first-order chi connectivity index (χ1) is 19.0. The minimum atomic E-state index is -1.12. The van der Waals surface area contributed by atoms with E-state index in [0.29, 0.717) is 42.0 Å². The summed E-state index contributed by atoms with van der Waals surface area (Å²) in [7, 11) is 3.41. The summed E-state index contributed by atoms with van der Waals surface area (Å²) in [5.41, 5.74) is 3.13. The van der Waals surface area contributed by atoms with E-state index in [1.807, 2.05) is 31.2 Å². The van der Waals surface area contributed by atoms with Gasteiger partial charge in [0.25, 0.3) is 0 Å². The van der Waals surface area contributed by atoms with Gasteiger partial charge in [0.05, 0.1) is 18.7 Å². The number of methoxy groups -OCH3 is 2. The van der Waals surface area contributed by atoms with Crippen molar-refractivity contribution in [1.29, 1.82) is 0 Å². The summed E-state index contributed by atoms with van der Waals surface area (Å²) in [5.74, 6) is -2.07. The van der Waals surface area contributed by atoms with E-state index in [1.54, 1.807) is 36.8 Å². The maximum absolute atomic E-state index is 13.9. The summed E-state index contributed by atoms with van der Waals surface area (Å²) in [5, 5.41) is 0. The van der Waals surface area contributed by atoms with Gasteiger partial charge in [-0.25, -0.2) is 9.59 Å². The number of pyridine rings is 1. The van der Waals surface area contributed by atoms with Crippen LogP contribution >= 0.6 is 0 Å². The van der Waals surface area contributed by atoms with Crippen LogP contribution in [0, 0.1) is 0 Å². The summed E-state index contributed by atoms with van der Waals surface area (Å²) in [6.07, 6.45) is 4.04. The topological polar surface area (TPSA) is 95.8 Å². The lowest BCUT2D eigenvalue weighted by Gasteiger charge is -2.21. The standard InChI is InChI=1S/C30H36N2O7/c1-4-5-9-23-26(32-24-10-6-11-25(32)38-29(34)30(35)39-28(23)24)27(33)22-14-12-21(13-15-22)8-7-16-31(17-19-36-2)18-20-37-3/h6,10-15H,4-5,7-9,16-20H2,1-3H3. The number of aryl methyl sites for hydroxylation is 1. The molecule has 0 unspecified atom stereocenters. The summed E-state index contributed by atoms with van der Waals surface area (Å²) in [4.78, 5) is 40.7. The van der Waals surface area contributed by atoms with E-state index in [4.69, 9.17) is 18.9 Å². The van der Waals surface area contributed by atoms with Crippen molar-refractivity contribution in [1.82, 2.24) is 9.30 Å². The maximum Gasteiger partial charge on any atom is 0.424 e. The average Bonchev–Trinajstić information content (AvgIpc) is 3.27. The van der Waals surface area contributed by atoms with Crippen LogP contribution in [0.5, 0.6) is 11.6 Å². The van der Waals surface area contributed by atoms with Crippen LogP contribution in [0.4, 0.5) is 0 Å². The number of rotatable bonds is 15. The van der Waals surface area contributed by atoms with E-state index in [1.165, 1.54) is 0 Å². The minimum Gasteiger partial charge on any atom is -0.415 e. The van der Waals surface area contributed by atoms with Gasteiger partial charge in [0.15, 0.2) is 5.75 Å². The van der Waals surface area contributed by atoms with Crippen LogP contribution in [-0.4, -0.2) is 74.1 Å². The number of ether oxygens (including phenoxy) is 4. The monoisotopic (exact) mass is 536 g/mol. The Morgan fingerprint density at radius 2 is 1.56 bits per heavy atom. The van der Waals surface area contributed by atoms with Crippen molar-refractivity contribution >= 4 is 23.2 Å². The zero-order valence-corrected chi connectivity index (χ0v) is 22.9. The Morgan fingerprint density at radius 1 is 0.872 bits per heavy atom. The Kier molecular flexibility index (Phi) is 9.86. The van der Waals surface area contributed by atoms with Crippen molar-refractivity contribution < 1.29 is 33.3 Å². The summed E-state index contributed by atoms with van der Waals surface area (Å²) in [6, 6.07) is 12.6. The number of carbonyl (C=O) groups excluding carboxylic acids is 3. The fourth-order valence-corrected chi connectivity index (χ4v) is 4.83. The Bertz CT molecular complexity index is 1310. The number of esters is 2. The Balaban J connectivity index is 1.57. The van der Waals surface area contributed by atoms with Gasteiger partial charge in [0.1, 0.15) is 5.69 Å². The molecule has 9 nitrogen and oxygen atoms in total. The zero-order valence-electron chi connectivity index (χ0n) is 22.9. The molecule has 4 bridgehead atoms. The zero-order chi connectivity index (χ0) is 27.8. The van der Waals surface area contributed by atoms with Crippen LogP contribution in [0.3, 0.4) is 0 Å². The molecule has 3 heterocycles. The average molecular weight is 537 g/mol. The molecule has 3 aromatic rings. The lowest BCUT2D eigenvalue weighted by molar-refractivity contribution is -0.156. The molecule has 0 atom stereocenters. The van der Waals surface area contributed by atoms with Crippen molar-refractivity contribution in [3.63, 3.8) is 0 Å². The second-order valence-electron chi connectivity index (χ2n) is 9.58. The van der Waals surface area contributed by atoms with E-state index in [-0.39, 0.29) is 17.4 Å². The molecule has 4 rings (SSSR count). The van der Waals surface area contributed by atoms with E-state index in [0.717, 1.165) is 50.9 Å². The first-order valence-electron chi connectivity index (χ1n) is 13.4. The molecule has 1 aliphatic heterocycles. The highest BCUT2D eigenvalue weighted by Crippen LogP contribution is 2.38. The highest BCUT2D eigenvalue weighted by Gasteiger charge is 2.33. The van der Waals surface area contributed by atoms with Crippen LogP contribution in [0.25, 0.3) is 5.52 Å². The first-order valence-corrected chi connectivity index (χ1v) is 13.4. The van der Waals surface area contributed by atoms with Gasteiger partial charge in [0.2, 0.25) is 11.7 Å². The number of ketones is 1. The molecule has 39 heavy (non-hydrogen) atoms. The van der Waals surface area contributed by atoms with Gasteiger partial charge < -0.3 is 18.9 Å². The molecule has 208 valence electrons. The fourth-order valence-electron chi connectivity index (χ4n) is 4.83. The molecule has 1 aliphatic rings. The van der Waals surface area contributed by atoms with Gasteiger partial charge in [-0.1, -0.05) is 43.7 Å². The van der Waals surface area contributed by atoms with Crippen LogP contribution in [0.15, 0.2) is 42.5 Å². The van der Waals surface area contributed by atoms with Crippen molar-refractivity contribution in [2.24, 2.45) is 0 Å². The third kappa shape index (κ3) is 6.55. The Hall–Kier alpha value is -3.53. The molecular formula is C30H36N2O7. The van der Waals surface area contributed by atoms with Crippen molar-refractivity contribution in [2.45, 2.75) is 39.0 Å². The van der Waals surface area contributed by atoms with Crippen LogP contribution in [-0.2, 0) is 31.9 Å². The third-order valence-corrected chi connectivity index (χ3v) is 6.90. The second kappa shape index (κ2) is 13.5. The van der Waals surface area contributed by atoms with Crippen LogP contribution in [0.2, 0.25) is 0 Å². The van der Waals surface area contributed by atoms with E-state index in [2.05, 4.69) is 4.90 Å². The number of unbranched alkanes of at least 4 members (excludes halogenated alkanes) is 1. The molecular weight excluding hydrogens is 500 g/mol. The Labute approximate surface area is 228 Å². The van der Waals surface area contributed by atoms with Gasteiger partial charge in [-0.3, -0.25) is 14.1 Å². The molecule has 0 fully saturated rings. The predicted octanol–water partition coefficient (Wildman–Crippen LogP) is 3.86. The van der Waals surface area contributed by atoms with Gasteiger partial charge in [-0.2, -0.15) is 0 Å². The summed E-state index contributed by atoms with van der Waals surface area (Å²) >= 11 is 0. The van der Waals surface area contributed by atoms with E-state index < -0.39 is 11.9 Å². The van der Waals surface area contributed by atoms with Crippen molar-refractivity contribution in [2.75, 3.05) is 47.1 Å². The fraction of sp³-hybridized carbons (Fsp3) is 0.433. The highest BCUT2D eigenvalue weighted by atomic mass is 16.6. The number of hydrogen-bond acceptors (Lipinski definition) is 8. The lowest BCUT2D eigenvalue weighted by atomic mass is 9.99. The van der Waals surface area contributed by atoms with Crippen molar-refractivity contribution in [3.05, 3.63) is 64.8 Å². The third-order valence-electron chi connectivity index (χ3n) is 6.90. The highest BCUT2D eigenvalue weighted by molar-refractivity contribution is 6.31. The SMILES string of the molecule is CCCCc1c2c3cccc(n3c1C(=O)c1ccc(CCCN(CCOC)CCOC)cc1)OC(=O)C(=O)O2. The second-order valence-corrected chi connectivity index (χ2v) is 9.58. The molecule has 0 saturated heterocycles. The lowest BCUT2D eigenvalue weighted by Crippen LogP contribution is -2.31. The molecule has 2 aromatic heterocycles. The number of benzene rings is 1. The minimum absolute atomic E-state index is 0.115. The quantitative estimate of drug-likeness (QED) is 0.164. The molecule has 0 aliphatic carbocycles.